The van der Waals surface area contributed by atoms with Crippen LogP contribution < -0.4 is 0 Å². The van der Waals surface area contributed by atoms with Crippen molar-refractivity contribution in [2.45, 2.75) is 25.7 Å². The summed E-state index contributed by atoms with van der Waals surface area (Å²) in [4.78, 5) is 10.8. The maximum Gasteiger partial charge on any atom is 0.306 e. The van der Waals surface area contributed by atoms with Gasteiger partial charge in [-0.25, -0.2) is 4.39 Å². The Morgan fingerprint density at radius 3 is 2.50 bits per heavy atom. The zero-order valence-electron chi connectivity index (χ0n) is 10.0. The zero-order chi connectivity index (χ0) is 13.0. The van der Waals surface area contributed by atoms with Gasteiger partial charge in [-0.3, -0.25) is 4.79 Å². The summed E-state index contributed by atoms with van der Waals surface area (Å²) in [5, 5.41) is 8.88. The smallest absolute Gasteiger partial charge is 0.306 e. The fourth-order valence-electron chi connectivity index (χ4n) is 2.23. The van der Waals surface area contributed by atoms with Crippen LogP contribution in [0.15, 0.2) is 24.3 Å². The lowest BCUT2D eigenvalue weighted by Crippen LogP contribution is -2.20. The van der Waals surface area contributed by atoms with Gasteiger partial charge in [-0.2, -0.15) is 0 Å². The van der Waals surface area contributed by atoms with Gasteiger partial charge in [0.2, 0.25) is 0 Å². The van der Waals surface area contributed by atoms with Crippen molar-refractivity contribution in [3.63, 3.8) is 0 Å². The molecule has 2 rings (SSSR count). The molecule has 0 unspecified atom stereocenters. The van der Waals surface area contributed by atoms with E-state index in [-0.39, 0.29) is 17.7 Å². The number of halogens is 1. The third kappa shape index (κ3) is 3.10. The van der Waals surface area contributed by atoms with Crippen molar-refractivity contribution < 1.29 is 14.3 Å². The van der Waals surface area contributed by atoms with Crippen molar-refractivity contribution in [1.29, 1.82) is 0 Å². The highest BCUT2D eigenvalue weighted by molar-refractivity contribution is 5.70. The van der Waals surface area contributed by atoms with E-state index in [1.807, 2.05) is 0 Å². The van der Waals surface area contributed by atoms with Gasteiger partial charge in [-0.1, -0.05) is 24.0 Å². The molecule has 0 atom stereocenters. The van der Waals surface area contributed by atoms with E-state index in [0.717, 1.165) is 12.8 Å². The van der Waals surface area contributed by atoms with Gasteiger partial charge in [0.1, 0.15) is 5.82 Å². The minimum atomic E-state index is -0.712. The average Bonchev–Trinajstić information content (AvgIpc) is 2.38. The Kier molecular flexibility index (Phi) is 3.99. The largest absolute Gasteiger partial charge is 0.481 e. The maximum absolute atomic E-state index is 13.3. The number of carboxylic acid groups (broad SMARTS) is 1. The molecule has 1 aromatic carbocycles. The monoisotopic (exact) mass is 246 g/mol. The summed E-state index contributed by atoms with van der Waals surface area (Å²) >= 11 is 0. The highest BCUT2D eigenvalue weighted by atomic mass is 19.1. The summed E-state index contributed by atoms with van der Waals surface area (Å²) < 4.78 is 13.3. The molecule has 1 aromatic rings. The predicted molar refractivity (Wildman–Crippen MR) is 66.4 cm³/mol. The van der Waals surface area contributed by atoms with Crippen molar-refractivity contribution in [2.24, 2.45) is 11.8 Å². The van der Waals surface area contributed by atoms with Crippen LogP contribution in [0, 0.1) is 29.5 Å². The minimum absolute atomic E-state index is 0.195. The third-order valence-corrected chi connectivity index (χ3v) is 3.36. The van der Waals surface area contributed by atoms with E-state index in [9.17, 15) is 9.18 Å². The molecule has 0 spiro atoms. The summed E-state index contributed by atoms with van der Waals surface area (Å²) in [5.74, 6) is 4.86. The third-order valence-electron chi connectivity index (χ3n) is 3.36. The Morgan fingerprint density at radius 2 is 1.89 bits per heavy atom. The maximum atomic E-state index is 13.3. The van der Waals surface area contributed by atoms with Crippen LogP contribution in [0.1, 0.15) is 31.2 Å². The fourth-order valence-corrected chi connectivity index (χ4v) is 2.23. The molecule has 18 heavy (non-hydrogen) atoms. The first kappa shape index (κ1) is 12.6. The molecule has 2 nitrogen and oxygen atoms in total. The number of rotatable bonds is 1. The Morgan fingerprint density at radius 1 is 1.22 bits per heavy atom. The van der Waals surface area contributed by atoms with E-state index >= 15 is 0 Å². The molecule has 0 aromatic heterocycles. The van der Waals surface area contributed by atoms with Crippen molar-refractivity contribution in [2.75, 3.05) is 0 Å². The highest BCUT2D eigenvalue weighted by Crippen LogP contribution is 2.28. The quantitative estimate of drug-likeness (QED) is 0.773. The van der Waals surface area contributed by atoms with Gasteiger partial charge in [0.15, 0.2) is 0 Å². The second-order valence-electron chi connectivity index (χ2n) is 4.64. The lowest BCUT2D eigenvalue weighted by molar-refractivity contribution is -0.142. The number of carbonyl (C=O) groups is 1. The Bertz CT molecular complexity index is 491. The molecule has 3 heteroatoms. The normalized spacial score (nSPS) is 22.9. The van der Waals surface area contributed by atoms with Gasteiger partial charge in [-0.05, 0) is 37.8 Å². The standard InChI is InChI=1S/C15H15FO2/c16-14-4-2-1-3-12(14)8-5-11-6-9-13(10-7-11)15(17)18/h1-4,11,13H,6-7,9-10H2,(H,17,18). The molecule has 0 saturated heterocycles. The SMILES string of the molecule is O=C(O)C1CCC(C#Cc2ccccc2F)CC1. The molecule has 0 heterocycles. The van der Waals surface area contributed by atoms with Gasteiger partial charge in [0, 0.05) is 5.92 Å². The molecular formula is C15H15FO2. The van der Waals surface area contributed by atoms with E-state index < -0.39 is 5.97 Å². The van der Waals surface area contributed by atoms with E-state index in [1.165, 1.54) is 6.07 Å². The summed E-state index contributed by atoms with van der Waals surface area (Å²) in [5.41, 5.74) is 0.415. The topological polar surface area (TPSA) is 37.3 Å². The molecule has 0 aliphatic heterocycles. The Hall–Kier alpha value is -1.82. The lowest BCUT2D eigenvalue weighted by atomic mass is 9.82. The van der Waals surface area contributed by atoms with Crippen LogP contribution in [-0.4, -0.2) is 11.1 Å². The van der Waals surface area contributed by atoms with Crippen molar-refractivity contribution in [3.8, 4) is 11.8 Å². The van der Waals surface area contributed by atoms with Crippen LogP contribution in [0.4, 0.5) is 4.39 Å². The summed E-state index contributed by atoms with van der Waals surface area (Å²) in [6.07, 6.45) is 2.93. The van der Waals surface area contributed by atoms with Crippen LogP contribution >= 0.6 is 0 Å². The summed E-state index contributed by atoms with van der Waals surface area (Å²) in [6, 6.07) is 6.45. The molecule has 1 aliphatic rings. The molecular weight excluding hydrogens is 231 g/mol. The van der Waals surface area contributed by atoms with Crippen molar-refractivity contribution >= 4 is 5.97 Å². The second kappa shape index (κ2) is 5.68. The predicted octanol–water partition coefficient (Wildman–Crippen LogP) is 3.07. The first-order chi connectivity index (χ1) is 8.66. The summed E-state index contributed by atoms with van der Waals surface area (Å²) in [7, 11) is 0. The molecule has 0 bridgehead atoms. The molecule has 1 aliphatic carbocycles. The van der Waals surface area contributed by atoms with Gasteiger partial charge in [0.25, 0.3) is 0 Å². The Balaban J connectivity index is 1.97. The van der Waals surface area contributed by atoms with E-state index in [4.69, 9.17) is 5.11 Å². The van der Waals surface area contributed by atoms with E-state index in [0.29, 0.717) is 18.4 Å². The molecule has 94 valence electrons. The molecule has 0 amide bonds. The number of hydrogen-bond acceptors (Lipinski definition) is 1. The first-order valence-electron chi connectivity index (χ1n) is 6.15. The molecule has 1 N–H and O–H groups in total. The summed E-state index contributed by atoms with van der Waals surface area (Å²) in [6.45, 7) is 0. The molecule has 0 radical (unpaired) electrons. The Labute approximate surface area is 106 Å². The highest BCUT2D eigenvalue weighted by Gasteiger charge is 2.24. The molecule has 1 saturated carbocycles. The zero-order valence-corrected chi connectivity index (χ0v) is 10.0. The fraction of sp³-hybridized carbons (Fsp3) is 0.400. The number of benzene rings is 1. The first-order valence-corrected chi connectivity index (χ1v) is 6.15. The van der Waals surface area contributed by atoms with Crippen LogP contribution in [0.25, 0.3) is 0 Å². The average molecular weight is 246 g/mol. The van der Waals surface area contributed by atoms with Gasteiger partial charge < -0.3 is 5.11 Å². The van der Waals surface area contributed by atoms with Crippen LogP contribution in [0.5, 0.6) is 0 Å². The van der Waals surface area contributed by atoms with Crippen LogP contribution in [0.2, 0.25) is 0 Å². The van der Waals surface area contributed by atoms with E-state index in [2.05, 4.69) is 11.8 Å². The van der Waals surface area contributed by atoms with Crippen LogP contribution in [-0.2, 0) is 4.79 Å². The number of hydrogen-bond donors (Lipinski definition) is 1. The van der Waals surface area contributed by atoms with Gasteiger partial charge >= 0.3 is 5.97 Å². The van der Waals surface area contributed by atoms with Gasteiger partial charge in [-0.15, -0.1) is 0 Å². The molecule has 1 fully saturated rings. The van der Waals surface area contributed by atoms with E-state index in [1.54, 1.807) is 18.2 Å². The lowest BCUT2D eigenvalue weighted by Gasteiger charge is -2.22. The number of aliphatic carboxylic acids is 1. The minimum Gasteiger partial charge on any atom is -0.481 e. The second-order valence-corrected chi connectivity index (χ2v) is 4.64. The van der Waals surface area contributed by atoms with Crippen LogP contribution in [0.3, 0.4) is 0 Å². The number of carboxylic acids is 1. The van der Waals surface area contributed by atoms with Crippen molar-refractivity contribution in [3.05, 3.63) is 35.6 Å². The van der Waals surface area contributed by atoms with Gasteiger partial charge in [0.05, 0.1) is 11.5 Å². The van der Waals surface area contributed by atoms with Crippen molar-refractivity contribution in [1.82, 2.24) is 0 Å².